The number of methoxy groups -OCH3 is 1. The van der Waals surface area contributed by atoms with E-state index in [1.807, 2.05) is 36.5 Å². The Morgan fingerprint density at radius 2 is 1.92 bits per heavy atom. The SMILES string of the molecule is COc1cccc2ccc[nH+]c12.[I-]. The number of fused-ring (bicyclic) bond motifs is 1. The van der Waals surface area contributed by atoms with E-state index in [0.29, 0.717) is 0 Å². The van der Waals surface area contributed by atoms with Gasteiger partial charge in [0.2, 0.25) is 0 Å². The summed E-state index contributed by atoms with van der Waals surface area (Å²) in [6.07, 6.45) is 1.89. The first-order valence-corrected chi connectivity index (χ1v) is 3.85. The fourth-order valence-corrected chi connectivity index (χ4v) is 1.29. The van der Waals surface area contributed by atoms with Crippen LogP contribution in [0.4, 0.5) is 0 Å². The number of benzene rings is 1. The summed E-state index contributed by atoms with van der Waals surface area (Å²) >= 11 is 0. The predicted octanol–water partition coefficient (Wildman–Crippen LogP) is -1.33. The van der Waals surface area contributed by atoms with Crippen LogP contribution in [0.15, 0.2) is 36.5 Å². The first kappa shape index (κ1) is 10.2. The lowest BCUT2D eigenvalue weighted by Crippen LogP contribution is -3.00. The van der Waals surface area contributed by atoms with Crippen molar-refractivity contribution in [1.82, 2.24) is 0 Å². The molecule has 1 aromatic heterocycles. The Labute approximate surface area is 94.0 Å². The van der Waals surface area contributed by atoms with Gasteiger partial charge in [-0.3, -0.25) is 0 Å². The molecule has 0 spiro atoms. The highest BCUT2D eigenvalue weighted by Crippen LogP contribution is 2.19. The summed E-state index contributed by atoms with van der Waals surface area (Å²) in [7, 11) is 1.68. The molecule has 13 heavy (non-hydrogen) atoms. The fourth-order valence-electron chi connectivity index (χ4n) is 1.29. The summed E-state index contributed by atoms with van der Waals surface area (Å²) in [5.74, 6) is 0.883. The zero-order valence-corrected chi connectivity index (χ0v) is 9.41. The van der Waals surface area contributed by atoms with E-state index in [0.717, 1.165) is 16.7 Å². The maximum Gasteiger partial charge on any atom is 0.253 e. The molecule has 0 aliphatic heterocycles. The lowest BCUT2D eigenvalue weighted by Gasteiger charge is -1.97. The van der Waals surface area contributed by atoms with Crippen molar-refractivity contribution in [2.24, 2.45) is 0 Å². The number of hydrogen-bond acceptors (Lipinski definition) is 1. The topological polar surface area (TPSA) is 23.4 Å². The smallest absolute Gasteiger partial charge is 0.253 e. The Hall–Kier alpha value is -0.840. The molecule has 1 aromatic carbocycles. The van der Waals surface area contributed by atoms with Crippen LogP contribution in [0.3, 0.4) is 0 Å². The lowest BCUT2D eigenvalue weighted by atomic mass is 10.2. The fraction of sp³-hybridized carbons (Fsp3) is 0.100. The molecule has 2 nitrogen and oxygen atoms in total. The van der Waals surface area contributed by atoms with Crippen molar-refractivity contribution >= 4 is 10.9 Å². The predicted molar refractivity (Wildman–Crippen MR) is 47.1 cm³/mol. The molecule has 2 rings (SSSR count). The summed E-state index contributed by atoms with van der Waals surface area (Å²) < 4.78 is 5.20. The first-order chi connectivity index (χ1) is 5.92. The second kappa shape index (κ2) is 4.41. The number of H-pyrrole nitrogens is 1. The molecule has 0 atom stereocenters. The quantitative estimate of drug-likeness (QED) is 0.596. The Morgan fingerprint density at radius 3 is 2.69 bits per heavy atom. The van der Waals surface area contributed by atoms with Crippen LogP contribution in [0.1, 0.15) is 0 Å². The third-order valence-corrected chi connectivity index (χ3v) is 1.88. The molecule has 0 amide bonds. The summed E-state index contributed by atoms with van der Waals surface area (Å²) in [6.45, 7) is 0. The average Bonchev–Trinajstić information content (AvgIpc) is 2.17. The zero-order valence-electron chi connectivity index (χ0n) is 7.25. The second-order valence-electron chi connectivity index (χ2n) is 2.59. The normalized spacial score (nSPS) is 9.31. The number of hydrogen-bond donors (Lipinski definition) is 0. The molecule has 0 bridgehead atoms. The van der Waals surface area contributed by atoms with Gasteiger partial charge in [0.05, 0.1) is 12.5 Å². The number of halogens is 1. The van der Waals surface area contributed by atoms with Crippen LogP contribution in [0.5, 0.6) is 5.75 Å². The van der Waals surface area contributed by atoms with Gasteiger partial charge in [0, 0.05) is 6.07 Å². The molecule has 68 valence electrons. The van der Waals surface area contributed by atoms with E-state index in [2.05, 4.69) is 4.98 Å². The number of rotatable bonds is 1. The Kier molecular flexibility index (Phi) is 3.48. The van der Waals surface area contributed by atoms with Gasteiger partial charge in [0.15, 0.2) is 11.9 Å². The molecule has 0 aliphatic carbocycles. The van der Waals surface area contributed by atoms with Gasteiger partial charge in [0.25, 0.3) is 5.52 Å². The minimum atomic E-state index is 0. The summed E-state index contributed by atoms with van der Waals surface area (Å²) in [5.41, 5.74) is 1.04. The van der Waals surface area contributed by atoms with Crippen LogP contribution in [0, 0.1) is 0 Å². The van der Waals surface area contributed by atoms with Gasteiger partial charge >= 0.3 is 0 Å². The van der Waals surface area contributed by atoms with Gasteiger partial charge in [-0.1, -0.05) is 6.07 Å². The minimum Gasteiger partial charge on any atom is -1.00 e. The summed E-state index contributed by atoms with van der Waals surface area (Å²) in [6, 6.07) is 10.00. The molecule has 3 heteroatoms. The molecule has 0 aliphatic rings. The minimum absolute atomic E-state index is 0. The standard InChI is InChI=1S/C10H9NO.HI/c1-12-9-6-2-4-8-5-3-7-11-10(8)9;/h2-7H,1H3;1H. The summed E-state index contributed by atoms with van der Waals surface area (Å²) in [5, 5.41) is 1.16. The third-order valence-electron chi connectivity index (χ3n) is 1.88. The maximum atomic E-state index is 5.20. The van der Waals surface area contributed by atoms with Crippen molar-refractivity contribution in [1.29, 1.82) is 0 Å². The molecule has 1 heterocycles. The van der Waals surface area contributed by atoms with Crippen molar-refractivity contribution < 1.29 is 33.7 Å². The van der Waals surface area contributed by atoms with Crippen LogP contribution < -0.4 is 33.7 Å². The second-order valence-corrected chi connectivity index (χ2v) is 2.59. The van der Waals surface area contributed by atoms with Crippen LogP contribution >= 0.6 is 0 Å². The molecule has 0 saturated heterocycles. The molecule has 0 radical (unpaired) electrons. The van der Waals surface area contributed by atoms with Crippen molar-refractivity contribution in [2.45, 2.75) is 0 Å². The first-order valence-electron chi connectivity index (χ1n) is 3.85. The van der Waals surface area contributed by atoms with E-state index in [9.17, 15) is 0 Å². The molecular weight excluding hydrogens is 277 g/mol. The van der Waals surface area contributed by atoms with Crippen LogP contribution in [-0.4, -0.2) is 7.11 Å². The number of aromatic nitrogens is 1. The zero-order chi connectivity index (χ0) is 8.39. The van der Waals surface area contributed by atoms with E-state index in [1.54, 1.807) is 7.11 Å². The Balaban J connectivity index is 0.000000845. The Bertz CT molecular complexity index is 398. The van der Waals surface area contributed by atoms with E-state index in [1.165, 1.54) is 0 Å². The van der Waals surface area contributed by atoms with Gasteiger partial charge in [-0.15, -0.1) is 0 Å². The van der Waals surface area contributed by atoms with Gasteiger partial charge < -0.3 is 28.7 Å². The van der Waals surface area contributed by atoms with Crippen molar-refractivity contribution in [2.75, 3.05) is 7.11 Å². The van der Waals surface area contributed by atoms with Gasteiger partial charge in [-0.05, 0) is 18.2 Å². The highest BCUT2D eigenvalue weighted by Gasteiger charge is 2.04. The van der Waals surface area contributed by atoms with Gasteiger partial charge in [-0.2, -0.15) is 0 Å². The molecule has 0 unspecified atom stereocenters. The molecular formula is C10H10INO. The average molecular weight is 287 g/mol. The Morgan fingerprint density at radius 1 is 1.15 bits per heavy atom. The van der Waals surface area contributed by atoms with E-state index >= 15 is 0 Å². The highest BCUT2D eigenvalue weighted by atomic mass is 127. The number of aromatic amines is 1. The van der Waals surface area contributed by atoms with E-state index in [4.69, 9.17) is 4.74 Å². The highest BCUT2D eigenvalue weighted by molar-refractivity contribution is 5.80. The van der Waals surface area contributed by atoms with Gasteiger partial charge in [0.1, 0.15) is 0 Å². The van der Waals surface area contributed by atoms with E-state index < -0.39 is 0 Å². The van der Waals surface area contributed by atoms with Crippen molar-refractivity contribution in [3.8, 4) is 5.75 Å². The lowest BCUT2D eigenvalue weighted by molar-refractivity contribution is -0.345. The molecule has 2 aromatic rings. The van der Waals surface area contributed by atoms with Crippen LogP contribution in [0.25, 0.3) is 10.9 Å². The number of ether oxygens (including phenoxy) is 1. The number of para-hydroxylation sites is 1. The van der Waals surface area contributed by atoms with Crippen LogP contribution in [-0.2, 0) is 0 Å². The van der Waals surface area contributed by atoms with Crippen molar-refractivity contribution in [3.63, 3.8) is 0 Å². The number of pyridine rings is 1. The monoisotopic (exact) mass is 287 g/mol. The maximum absolute atomic E-state index is 5.20. The molecule has 0 saturated carbocycles. The van der Waals surface area contributed by atoms with Crippen molar-refractivity contribution in [3.05, 3.63) is 36.5 Å². The molecule has 0 fully saturated rings. The largest absolute Gasteiger partial charge is 1.00 e. The van der Waals surface area contributed by atoms with Crippen LogP contribution in [0.2, 0.25) is 0 Å². The van der Waals surface area contributed by atoms with Gasteiger partial charge in [-0.25, -0.2) is 4.98 Å². The third kappa shape index (κ3) is 1.91. The number of nitrogens with one attached hydrogen (secondary N) is 1. The van der Waals surface area contributed by atoms with E-state index in [-0.39, 0.29) is 24.0 Å². The summed E-state index contributed by atoms with van der Waals surface area (Å²) in [4.78, 5) is 3.15. The molecule has 1 N–H and O–H groups in total.